The van der Waals surface area contributed by atoms with E-state index in [1.165, 1.54) is 28.2 Å². The number of nitrogens with zero attached hydrogens (tertiary/aromatic N) is 5. The SMILES string of the molecule is Cc1c(C(=O)NCc2ccc3c(c2)CCCN3C)cnn1-c1nccc(-c2ccccc2F)n1. The number of carbonyl (C=O) groups excluding carboxylic acids is 1. The number of fused-ring (bicyclic) bond motifs is 1. The number of amides is 1. The van der Waals surface area contributed by atoms with Gasteiger partial charge in [-0.25, -0.2) is 19.0 Å². The molecule has 0 spiro atoms. The smallest absolute Gasteiger partial charge is 0.255 e. The normalized spacial score (nSPS) is 13.0. The van der Waals surface area contributed by atoms with E-state index in [4.69, 9.17) is 0 Å². The van der Waals surface area contributed by atoms with Crippen molar-refractivity contribution in [2.75, 3.05) is 18.5 Å². The Morgan fingerprint density at radius 1 is 1.18 bits per heavy atom. The first-order chi connectivity index (χ1) is 16.5. The van der Waals surface area contributed by atoms with Gasteiger partial charge in [-0.3, -0.25) is 4.79 Å². The Labute approximate surface area is 197 Å². The van der Waals surface area contributed by atoms with Crippen LogP contribution in [0.3, 0.4) is 0 Å². The summed E-state index contributed by atoms with van der Waals surface area (Å²) in [6.07, 6.45) is 5.25. The van der Waals surface area contributed by atoms with Crippen LogP contribution in [0.1, 0.15) is 33.6 Å². The number of anilines is 1. The van der Waals surface area contributed by atoms with Gasteiger partial charge in [0.25, 0.3) is 11.9 Å². The van der Waals surface area contributed by atoms with Gasteiger partial charge in [0.15, 0.2) is 0 Å². The van der Waals surface area contributed by atoms with Crippen LogP contribution in [0.2, 0.25) is 0 Å². The van der Waals surface area contributed by atoms with Gasteiger partial charge in [-0.05, 0) is 55.2 Å². The molecular formula is C26H25FN6O. The van der Waals surface area contributed by atoms with Gasteiger partial charge in [-0.15, -0.1) is 0 Å². The topological polar surface area (TPSA) is 75.9 Å². The zero-order valence-electron chi connectivity index (χ0n) is 19.1. The van der Waals surface area contributed by atoms with Crippen LogP contribution in [0.25, 0.3) is 17.2 Å². The third-order valence-electron chi connectivity index (χ3n) is 6.18. The highest BCUT2D eigenvalue weighted by atomic mass is 19.1. The van der Waals surface area contributed by atoms with Crippen molar-refractivity contribution in [3.05, 3.63) is 89.1 Å². The van der Waals surface area contributed by atoms with Crippen LogP contribution in [0.5, 0.6) is 0 Å². The molecule has 0 fully saturated rings. The van der Waals surface area contributed by atoms with Crippen molar-refractivity contribution in [3.8, 4) is 17.2 Å². The second-order valence-corrected chi connectivity index (χ2v) is 8.45. The van der Waals surface area contributed by atoms with E-state index in [2.05, 4.69) is 50.5 Å². The van der Waals surface area contributed by atoms with E-state index in [0.717, 1.165) is 24.9 Å². The molecule has 7 nitrogen and oxygen atoms in total. The van der Waals surface area contributed by atoms with Crippen LogP contribution >= 0.6 is 0 Å². The van der Waals surface area contributed by atoms with Crippen molar-refractivity contribution in [2.24, 2.45) is 0 Å². The Hall–Kier alpha value is -4.07. The molecular weight excluding hydrogens is 431 g/mol. The first-order valence-corrected chi connectivity index (χ1v) is 11.3. The quantitative estimate of drug-likeness (QED) is 0.490. The molecule has 8 heteroatoms. The first kappa shape index (κ1) is 21.8. The number of carbonyl (C=O) groups is 1. The highest BCUT2D eigenvalue weighted by Gasteiger charge is 2.18. The molecule has 5 rings (SSSR count). The lowest BCUT2D eigenvalue weighted by atomic mass is 9.99. The number of rotatable bonds is 5. The minimum atomic E-state index is -0.363. The Kier molecular flexibility index (Phi) is 5.79. The van der Waals surface area contributed by atoms with Crippen LogP contribution in [0, 0.1) is 12.7 Å². The predicted octanol–water partition coefficient (Wildman–Crippen LogP) is 4.09. The van der Waals surface area contributed by atoms with E-state index in [-0.39, 0.29) is 17.7 Å². The Morgan fingerprint density at radius 2 is 2.03 bits per heavy atom. The molecule has 172 valence electrons. The summed E-state index contributed by atoms with van der Waals surface area (Å²) in [6, 6.07) is 14.4. The van der Waals surface area contributed by atoms with E-state index in [9.17, 15) is 9.18 Å². The van der Waals surface area contributed by atoms with Gasteiger partial charge in [-0.2, -0.15) is 5.10 Å². The zero-order valence-corrected chi connectivity index (χ0v) is 19.1. The summed E-state index contributed by atoms with van der Waals surface area (Å²) in [4.78, 5) is 23.9. The fourth-order valence-electron chi connectivity index (χ4n) is 4.33. The molecule has 0 saturated heterocycles. The standard InChI is InChI=1S/C26H25FN6O/c1-17-21(25(34)29-15-18-9-10-24-19(14-18)6-5-13-32(24)2)16-30-33(17)26-28-12-11-23(31-26)20-7-3-4-8-22(20)27/h3-4,7-12,14,16H,5-6,13,15H2,1-2H3,(H,29,34). The fourth-order valence-corrected chi connectivity index (χ4v) is 4.33. The molecule has 1 aliphatic rings. The van der Waals surface area contributed by atoms with Crippen molar-refractivity contribution in [1.82, 2.24) is 25.1 Å². The summed E-state index contributed by atoms with van der Waals surface area (Å²) in [6.45, 7) is 3.29. The van der Waals surface area contributed by atoms with Crippen molar-refractivity contribution >= 4 is 11.6 Å². The van der Waals surface area contributed by atoms with E-state index < -0.39 is 0 Å². The first-order valence-electron chi connectivity index (χ1n) is 11.3. The van der Waals surface area contributed by atoms with Crippen molar-refractivity contribution in [2.45, 2.75) is 26.3 Å². The van der Waals surface area contributed by atoms with Crippen molar-refractivity contribution < 1.29 is 9.18 Å². The molecule has 0 radical (unpaired) electrons. The molecule has 1 aliphatic heterocycles. The van der Waals surface area contributed by atoms with Crippen LogP contribution in [-0.4, -0.2) is 39.2 Å². The maximum absolute atomic E-state index is 14.2. The average molecular weight is 457 g/mol. The zero-order chi connectivity index (χ0) is 23.7. The molecule has 0 aliphatic carbocycles. The fraction of sp³-hybridized carbons (Fsp3) is 0.231. The maximum Gasteiger partial charge on any atom is 0.255 e. The number of hydrogen-bond donors (Lipinski definition) is 1. The largest absolute Gasteiger partial charge is 0.374 e. The van der Waals surface area contributed by atoms with Crippen LogP contribution in [0.4, 0.5) is 10.1 Å². The lowest BCUT2D eigenvalue weighted by Crippen LogP contribution is -2.26. The maximum atomic E-state index is 14.2. The second-order valence-electron chi connectivity index (χ2n) is 8.45. The van der Waals surface area contributed by atoms with Gasteiger partial charge in [-0.1, -0.05) is 24.3 Å². The molecule has 2 aromatic carbocycles. The van der Waals surface area contributed by atoms with E-state index in [1.807, 2.05) is 0 Å². The number of hydrogen-bond acceptors (Lipinski definition) is 5. The molecule has 0 unspecified atom stereocenters. The number of halogens is 1. The molecule has 2 aromatic heterocycles. The van der Waals surface area contributed by atoms with Crippen molar-refractivity contribution in [3.63, 3.8) is 0 Å². The highest BCUT2D eigenvalue weighted by Crippen LogP contribution is 2.27. The molecule has 3 heterocycles. The lowest BCUT2D eigenvalue weighted by molar-refractivity contribution is 0.0950. The minimum absolute atomic E-state index is 0.219. The molecule has 0 saturated carbocycles. The van der Waals surface area contributed by atoms with Crippen LogP contribution < -0.4 is 10.2 Å². The van der Waals surface area contributed by atoms with Crippen molar-refractivity contribution in [1.29, 1.82) is 0 Å². The Balaban J connectivity index is 1.33. The minimum Gasteiger partial charge on any atom is -0.374 e. The van der Waals surface area contributed by atoms with E-state index in [1.54, 1.807) is 37.4 Å². The molecule has 0 atom stereocenters. The molecule has 34 heavy (non-hydrogen) atoms. The molecule has 0 bridgehead atoms. The number of aryl methyl sites for hydroxylation is 1. The molecule has 1 amide bonds. The van der Waals surface area contributed by atoms with E-state index in [0.29, 0.717) is 29.1 Å². The van der Waals surface area contributed by atoms with Crippen LogP contribution in [0.15, 0.2) is 60.9 Å². The molecule has 4 aromatic rings. The monoisotopic (exact) mass is 456 g/mol. The summed E-state index contributed by atoms with van der Waals surface area (Å²) < 4.78 is 15.7. The van der Waals surface area contributed by atoms with Crippen LogP contribution in [-0.2, 0) is 13.0 Å². The summed E-state index contributed by atoms with van der Waals surface area (Å²) in [7, 11) is 2.11. The van der Waals surface area contributed by atoms with E-state index >= 15 is 0 Å². The van der Waals surface area contributed by atoms with Gasteiger partial charge in [0.2, 0.25) is 0 Å². The average Bonchev–Trinajstić information content (AvgIpc) is 3.24. The summed E-state index contributed by atoms with van der Waals surface area (Å²) >= 11 is 0. The summed E-state index contributed by atoms with van der Waals surface area (Å²) in [5.41, 5.74) is 5.51. The van der Waals surface area contributed by atoms with Gasteiger partial charge >= 0.3 is 0 Å². The Morgan fingerprint density at radius 3 is 2.88 bits per heavy atom. The Bertz CT molecular complexity index is 1370. The van der Waals surface area contributed by atoms with Gasteiger partial charge < -0.3 is 10.2 Å². The van der Waals surface area contributed by atoms with Gasteiger partial charge in [0.05, 0.1) is 23.1 Å². The summed E-state index contributed by atoms with van der Waals surface area (Å²) in [5, 5.41) is 7.30. The number of nitrogens with one attached hydrogen (secondary N) is 1. The number of aromatic nitrogens is 4. The highest BCUT2D eigenvalue weighted by molar-refractivity contribution is 5.95. The second kappa shape index (κ2) is 9.05. The number of benzene rings is 2. The third-order valence-corrected chi connectivity index (χ3v) is 6.18. The lowest BCUT2D eigenvalue weighted by Gasteiger charge is -2.27. The van der Waals surface area contributed by atoms with Gasteiger partial charge in [0.1, 0.15) is 5.82 Å². The molecule has 1 N–H and O–H groups in total. The third kappa shape index (κ3) is 4.14. The predicted molar refractivity (Wildman–Crippen MR) is 128 cm³/mol. The van der Waals surface area contributed by atoms with Gasteiger partial charge in [0, 0.05) is 37.6 Å². The summed E-state index contributed by atoms with van der Waals surface area (Å²) in [5.74, 6) is -0.307.